The zero-order chi connectivity index (χ0) is 19.6. The monoisotopic (exact) mass is 444 g/mol. The van der Waals surface area contributed by atoms with Gasteiger partial charge in [0.2, 0.25) is 11.8 Å². The Balaban J connectivity index is 1.76. The van der Waals surface area contributed by atoms with E-state index in [9.17, 15) is 22.8 Å². The lowest BCUT2D eigenvalue weighted by molar-refractivity contribution is -0.139. The molecule has 1 aliphatic carbocycles. The average Bonchev–Trinajstić information content (AvgIpc) is 3.16. The van der Waals surface area contributed by atoms with E-state index in [-0.39, 0.29) is 16.1 Å². The number of anilines is 1. The lowest BCUT2D eigenvalue weighted by Crippen LogP contribution is -2.42. The highest BCUT2D eigenvalue weighted by molar-refractivity contribution is 9.10. The van der Waals surface area contributed by atoms with Crippen molar-refractivity contribution in [2.45, 2.75) is 31.9 Å². The number of allylic oxidation sites excluding steroid dienone is 2. The number of benzene rings is 1. The van der Waals surface area contributed by atoms with Crippen molar-refractivity contribution in [3.05, 3.63) is 40.4 Å². The Hall–Kier alpha value is -1.83. The normalized spacial score (nSPS) is 22.7. The van der Waals surface area contributed by atoms with Crippen LogP contribution in [-0.4, -0.2) is 29.8 Å². The molecule has 0 saturated carbocycles. The standard InChI is InChI=1S/C19H20BrF3N2O2/c20-16-8-7-12(11-15(16)19(21,22)23)24-17(26)13-5-1-2-6-14(13)18(27)25-9-3-4-10-25/h1-2,7-8,11,13-14H,3-6,9-10H2,(H,24,26). The summed E-state index contributed by atoms with van der Waals surface area (Å²) in [7, 11) is 0. The van der Waals surface area contributed by atoms with Crippen LogP contribution in [0.5, 0.6) is 0 Å². The van der Waals surface area contributed by atoms with Gasteiger partial charge in [-0.15, -0.1) is 0 Å². The molecule has 1 aliphatic heterocycles. The number of rotatable bonds is 3. The number of hydrogen-bond donors (Lipinski definition) is 1. The molecule has 2 amide bonds. The zero-order valence-corrected chi connectivity index (χ0v) is 16.1. The largest absolute Gasteiger partial charge is 0.417 e. The summed E-state index contributed by atoms with van der Waals surface area (Å²) in [6.07, 6.45) is 2.01. The van der Waals surface area contributed by atoms with Gasteiger partial charge in [-0.3, -0.25) is 9.59 Å². The van der Waals surface area contributed by atoms with Crippen LogP contribution in [0.4, 0.5) is 18.9 Å². The molecule has 1 fully saturated rings. The second-order valence-corrected chi connectivity index (χ2v) is 7.72. The number of carbonyl (C=O) groups is 2. The summed E-state index contributed by atoms with van der Waals surface area (Å²) in [6, 6.07) is 3.57. The molecule has 1 aromatic rings. The third-order valence-electron chi connectivity index (χ3n) is 5.04. The first-order valence-electron chi connectivity index (χ1n) is 8.89. The van der Waals surface area contributed by atoms with Crippen LogP contribution in [-0.2, 0) is 15.8 Å². The topological polar surface area (TPSA) is 49.4 Å². The lowest BCUT2D eigenvalue weighted by Gasteiger charge is -2.30. The van der Waals surface area contributed by atoms with E-state index >= 15 is 0 Å². The zero-order valence-electron chi connectivity index (χ0n) is 14.6. The van der Waals surface area contributed by atoms with Crippen molar-refractivity contribution < 1.29 is 22.8 Å². The van der Waals surface area contributed by atoms with Gasteiger partial charge in [-0.05, 0) is 43.9 Å². The fraction of sp³-hybridized carbons (Fsp3) is 0.474. The Morgan fingerprint density at radius 1 is 1.07 bits per heavy atom. The van der Waals surface area contributed by atoms with Crippen LogP contribution in [0.2, 0.25) is 0 Å². The SMILES string of the molecule is O=C(Nc1ccc(Br)c(C(F)(F)F)c1)C1CC=CCC1C(=O)N1CCCC1. The number of amides is 2. The third-order valence-corrected chi connectivity index (χ3v) is 5.73. The second-order valence-electron chi connectivity index (χ2n) is 6.87. The van der Waals surface area contributed by atoms with Gasteiger partial charge in [0.15, 0.2) is 0 Å². The van der Waals surface area contributed by atoms with Gasteiger partial charge in [0.05, 0.1) is 17.4 Å². The average molecular weight is 445 g/mol. The highest BCUT2D eigenvalue weighted by atomic mass is 79.9. The van der Waals surface area contributed by atoms with Gasteiger partial charge < -0.3 is 10.2 Å². The molecule has 8 heteroatoms. The summed E-state index contributed by atoms with van der Waals surface area (Å²) >= 11 is 2.88. The van der Waals surface area contributed by atoms with E-state index in [1.54, 1.807) is 4.90 Å². The van der Waals surface area contributed by atoms with Crippen molar-refractivity contribution in [1.82, 2.24) is 4.90 Å². The Labute approximate surface area is 163 Å². The molecule has 0 radical (unpaired) electrons. The van der Waals surface area contributed by atoms with Gasteiger partial charge in [0.1, 0.15) is 0 Å². The molecule has 1 aromatic carbocycles. The van der Waals surface area contributed by atoms with Crippen molar-refractivity contribution in [3.63, 3.8) is 0 Å². The van der Waals surface area contributed by atoms with E-state index in [4.69, 9.17) is 0 Å². The van der Waals surface area contributed by atoms with Crippen molar-refractivity contribution in [1.29, 1.82) is 0 Å². The lowest BCUT2D eigenvalue weighted by atomic mass is 9.81. The maximum Gasteiger partial charge on any atom is 0.417 e. The smallest absolute Gasteiger partial charge is 0.342 e. The first kappa shape index (κ1) is 19.9. The van der Waals surface area contributed by atoms with Crippen LogP contribution in [0.25, 0.3) is 0 Å². The Kier molecular flexibility index (Phi) is 5.93. The first-order valence-corrected chi connectivity index (χ1v) is 9.68. The molecule has 1 saturated heterocycles. The molecular formula is C19H20BrF3N2O2. The molecule has 3 rings (SSSR count). The number of hydrogen-bond acceptors (Lipinski definition) is 2. The molecule has 1 heterocycles. The van der Waals surface area contributed by atoms with Crippen molar-refractivity contribution in [2.75, 3.05) is 18.4 Å². The van der Waals surface area contributed by atoms with Gasteiger partial charge in [0.25, 0.3) is 0 Å². The molecule has 2 unspecified atom stereocenters. The predicted molar refractivity (Wildman–Crippen MR) is 98.9 cm³/mol. The highest BCUT2D eigenvalue weighted by Gasteiger charge is 2.37. The molecule has 0 bridgehead atoms. The minimum Gasteiger partial charge on any atom is -0.342 e. The summed E-state index contributed by atoms with van der Waals surface area (Å²) in [6.45, 7) is 1.41. The maximum atomic E-state index is 13.1. The molecule has 1 N–H and O–H groups in total. The van der Waals surface area contributed by atoms with Crippen LogP contribution >= 0.6 is 15.9 Å². The number of halogens is 4. The van der Waals surface area contributed by atoms with Gasteiger partial charge >= 0.3 is 6.18 Å². The van der Waals surface area contributed by atoms with Gasteiger partial charge in [0, 0.05) is 23.2 Å². The van der Waals surface area contributed by atoms with E-state index in [2.05, 4.69) is 21.2 Å². The Morgan fingerprint density at radius 3 is 2.33 bits per heavy atom. The van der Waals surface area contributed by atoms with Crippen LogP contribution in [0, 0.1) is 11.8 Å². The quantitative estimate of drug-likeness (QED) is 0.691. The van der Waals surface area contributed by atoms with Crippen molar-refractivity contribution in [3.8, 4) is 0 Å². The van der Waals surface area contributed by atoms with E-state index in [1.165, 1.54) is 12.1 Å². The van der Waals surface area contributed by atoms with E-state index in [0.717, 1.165) is 18.9 Å². The number of carbonyl (C=O) groups excluding carboxylic acids is 2. The predicted octanol–water partition coefficient (Wildman–Crippen LogP) is 4.61. The second kappa shape index (κ2) is 8.04. The molecule has 0 aromatic heterocycles. The van der Waals surface area contributed by atoms with Crippen LogP contribution in [0.3, 0.4) is 0 Å². The number of nitrogens with one attached hydrogen (secondary N) is 1. The summed E-state index contributed by atoms with van der Waals surface area (Å²) in [4.78, 5) is 27.3. The molecule has 4 nitrogen and oxygen atoms in total. The van der Waals surface area contributed by atoms with E-state index in [0.29, 0.717) is 25.9 Å². The number of likely N-dealkylation sites (tertiary alicyclic amines) is 1. The Morgan fingerprint density at radius 2 is 1.70 bits per heavy atom. The minimum atomic E-state index is -4.53. The van der Waals surface area contributed by atoms with Crippen molar-refractivity contribution >= 4 is 33.4 Å². The van der Waals surface area contributed by atoms with Crippen LogP contribution < -0.4 is 5.32 Å². The number of nitrogens with zero attached hydrogens (tertiary/aromatic N) is 1. The first-order chi connectivity index (χ1) is 12.8. The summed E-state index contributed by atoms with van der Waals surface area (Å²) < 4.78 is 39.1. The molecule has 2 atom stereocenters. The third kappa shape index (κ3) is 4.54. The molecule has 146 valence electrons. The Bertz CT molecular complexity index is 758. The van der Waals surface area contributed by atoms with Crippen molar-refractivity contribution in [2.24, 2.45) is 11.8 Å². The van der Waals surface area contributed by atoms with E-state index < -0.39 is 29.5 Å². The summed E-state index contributed by atoms with van der Waals surface area (Å²) in [5, 5.41) is 2.56. The fourth-order valence-electron chi connectivity index (χ4n) is 3.60. The molecule has 27 heavy (non-hydrogen) atoms. The minimum absolute atomic E-state index is 0.0382. The molecular weight excluding hydrogens is 425 g/mol. The molecule has 2 aliphatic rings. The summed E-state index contributed by atoms with van der Waals surface area (Å²) in [5.74, 6) is -1.51. The maximum absolute atomic E-state index is 13.1. The van der Waals surface area contributed by atoms with Crippen LogP contribution in [0.15, 0.2) is 34.8 Å². The van der Waals surface area contributed by atoms with Gasteiger partial charge in [-0.1, -0.05) is 28.1 Å². The van der Waals surface area contributed by atoms with E-state index in [1.807, 2.05) is 12.2 Å². The van der Waals surface area contributed by atoms with Gasteiger partial charge in [-0.2, -0.15) is 13.2 Å². The molecule has 0 spiro atoms. The summed E-state index contributed by atoms with van der Waals surface area (Å²) in [5.41, 5.74) is -0.786. The van der Waals surface area contributed by atoms with Gasteiger partial charge in [-0.25, -0.2) is 0 Å². The highest BCUT2D eigenvalue weighted by Crippen LogP contribution is 2.37. The van der Waals surface area contributed by atoms with Crippen LogP contribution in [0.1, 0.15) is 31.2 Å². The number of alkyl halides is 3. The fourth-order valence-corrected chi connectivity index (χ4v) is 4.08.